The van der Waals surface area contributed by atoms with Crippen molar-refractivity contribution in [1.82, 2.24) is 9.88 Å². The van der Waals surface area contributed by atoms with E-state index in [2.05, 4.69) is 11.6 Å². The maximum atomic E-state index is 12.4. The smallest absolute Gasteiger partial charge is 0.355 e. The van der Waals surface area contributed by atoms with Gasteiger partial charge in [-0.3, -0.25) is 4.79 Å². The molecule has 0 aliphatic rings. The summed E-state index contributed by atoms with van der Waals surface area (Å²) in [5.74, 6) is -1.52. The zero-order valence-electron chi connectivity index (χ0n) is 15.7. The monoisotopic (exact) mass is 350 g/mol. The average Bonchev–Trinajstić information content (AvgIpc) is 2.85. The number of esters is 2. The molecule has 0 fully saturated rings. The second-order valence-electron chi connectivity index (χ2n) is 5.97. The molecule has 7 heteroatoms. The molecule has 0 radical (unpaired) electrons. The number of ether oxygens (including phenoxy) is 2. The van der Waals surface area contributed by atoms with Crippen LogP contribution in [0.5, 0.6) is 0 Å². The van der Waals surface area contributed by atoms with E-state index in [0.717, 1.165) is 5.57 Å². The normalized spacial score (nSPS) is 11.6. The van der Waals surface area contributed by atoms with Gasteiger partial charge >= 0.3 is 11.9 Å². The number of amides is 1. The van der Waals surface area contributed by atoms with Crippen LogP contribution < -0.4 is 0 Å². The lowest BCUT2D eigenvalue weighted by molar-refractivity contribution is -0.139. The fourth-order valence-corrected chi connectivity index (χ4v) is 2.56. The van der Waals surface area contributed by atoms with Crippen LogP contribution in [0.1, 0.15) is 52.9 Å². The third kappa shape index (κ3) is 4.71. The molecule has 0 saturated heterocycles. The Labute approximate surface area is 148 Å². The van der Waals surface area contributed by atoms with Gasteiger partial charge in [-0.05, 0) is 40.2 Å². The van der Waals surface area contributed by atoms with Gasteiger partial charge in [-0.2, -0.15) is 0 Å². The molecular formula is C18H26N2O5. The molecule has 1 unspecified atom stereocenters. The van der Waals surface area contributed by atoms with E-state index in [1.807, 2.05) is 13.8 Å². The summed E-state index contributed by atoms with van der Waals surface area (Å²) in [6, 6.07) is 0. The SMILES string of the molecule is C=C(C)CN(CC)C(=O)C(C)OC(=O)c1[nH]c(C)c(C(=O)OC)c1C. The van der Waals surface area contributed by atoms with Crippen LogP contribution in [0.2, 0.25) is 0 Å². The largest absolute Gasteiger partial charge is 0.465 e. The summed E-state index contributed by atoms with van der Waals surface area (Å²) in [5.41, 5.74) is 2.22. The van der Waals surface area contributed by atoms with Gasteiger partial charge in [0.25, 0.3) is 5.91 Å². The Morgan fingerprint density at radius 3 is 2.32 bits per heavy atom. The quantitative estimate of drug-likeness (QED) is 0.602. The first kappa shape index (κ1) is 20.5. The predicted molar refractivity (Wildman–Crippen MR) is 93.6 cm³/mol. The lowest BCUT2D eigenvalue weighted by Gasteiger charge is -2.24. The Hall–Kier alpha value is -2.57. The minimum atomic E-state index is -0.948. The third-order valence-electron chi connectivity index (χ3n) is 3.82. The first-order valence-corrected chi connectivity index (χ1v) is 8.05. The van der Waals surface area contributed by atoms with E-state index < -0.39 is 18.0 Å². The van der Waals surface area contributed by atoms with Crippen molar-refractivity contribution in [2.75, 3.05) is 20.2 Å². The van der Waals surface area contributed by atoms with Crippen LogP contribution >= 0.6 is 0 Å². The fourth-order valence-electron chi connectivity index (χ4n) is 2.56. The van der Waals surface area contributed by atoms with Crippen LogP contribution in [0, 0.1) is 13.8 Å². The van der Waals surface area contributed by atoms with Gasteiger partial charge in [-0.15, -0.1) is 0 Å². The van der Waals surface area contributed by atoms with E-state index in [-0.39, 0.29) is 11.6 Å². The molecule has 7 nitrogen and oxygen atoms in total. The number of rotatable bonds is 7. The van der Waals surface area contributed by atoms with Crippen molar-refractivity contribution in [2.45, 2.75) is 40.7 Å². The summed E-state index contributed by atoms with van der Waals surface area (Å²) in [6.07, 6.45) is -0.948. The molecule has 1 amide bonds. The van der Waals surface area contributed by atoms with Gasteiger partial charge < -0.3 is 19.4 Å². The topological polar surface area (TPSA) is 88.7 Å². The van der Waals surface area contributed by atoms with Crippen molar-refractivity contribution in [2.24, 2.45) is 0 Å². The van der Waals surface area contributed by atoms with E-state index in [0.29, 0.717) is 29.9 Å². The Morgan fingerprint density at radius 1 is 1.24 bits per heavy atom. The summed E-state index contributed by atoms with van der Waals surface area (Å²) < 4.78 is 10.00. The maximum Gasteiger partial charge on any atom is 0.355 e. The Kier molecular flexibility index (Phi) is 6.97. The van der Waals surface area contributed by atoms with Gasteiger partial charge in [0.1, 0.15) is 5.69 Å². The lowest BCUT2D eigenvalue weighted by Crippen LogP contribution is -2.40. The zero-order chi connectivity index (χ0) is 19.3. The highest BCUT2D eigenvalue weighted by Crippen LogP contribution is 2.20. The number of likely N-dealkylation sites (N-methyl/N-ethyl adjacent to an activating group) is 1. The van der Waals surface area contributed by atoms with E-state index in [1.54, 1.807) is 18.7 Å². The van der Waals surface area contributed by atoms with Crippen molar-refractivity contribution < 1.29 is 23.9 Å². The fraction of sp³-hybridized carbons (Fsp3) is 0.500. The van der Waals surface area contributed by atoms with E-state index >= 15 is 0 Å². The standard InChI is InChI=1S/C18H26N2O5/c1-8-20(9-10(2)3)16(21)13(6)25-18(23)15-11(4)14(12(5)19-15)17(22)24-7/h13,19H,2,8-9H2,1,3-7H3. The highest BCUT2D eigenvalue weighted by Gasteiger charge is 2.27. The van der Waals surface area contributed by atoms with Crippen LogP contribution in [-0.4, -0.2) is 54.0 Å². The van der Waals surface area contributed by atoms with Crippen molar-refractivity contribution >= 4 is 17.8 Å². The highest BCUT2D eigenvalue weighted by atomic mass is 16.5. The summed E-state index contributed by atoms with van der Waals surface area (Å²) in [7, 11) is 1.27. The van der Waals surface area contributed by atoms with E-state index in [1.165, 1.54) is 14.0 Å². The Morgan fingerprint density at radius 2 is 1.84 bits per heavy atom. The molecule has 1 aromatic heterocycles. The molecule has 1 aromatic rings. The molecule has 0 aliphatic carbocycles. The number of H-pyrrole nitrogens is 1. The number of carbonyl (C=O) groups excluding carboxylic acids is 3. The Bertz CT molecular complexity index is 690. The molecule has 0 aromatic carbocycles. The highest BCUT2D eigenvalue weighted by molar-refractivity contribution is 5.99. The van der Waals surface area contributed by atoms with Crippen LogP contribution in [0.15, 0.2) is 12.2 Å². The van der Waals surface area contributed by atoms with Crippen LogP contribution in [-0.2, 0) is 14.3 Å². The number of hydrogen-bond acceptors (Lipinski definition) is 5. The van der Waals surface area contributed by atoms with Gasteiger partial charge in [0.15, 0.2) is 6.10 Å². The lowest BCUT2D eigenvalue weighted by atomic mass is 10.1. The number of aromatic nitrogens is 1. The molecule has 0 spiro atoms. The molecule has 25 heavy (non-hydrogen) atoms. The number of hydrogen-bond donors (Lipinski definition) is 1. The summed E-state index contributed by atoms with van der Waals surface area (Å²) in [6.45, 7) is 13.2. The summed E-state index contributed by atoms with van der Waals surface area (Å²) in [5, 5.41) is 0. The van der Waals surface area contributed by atoms with Crippen molar-refractivity contribution in [3.05, 3.63) is 34.7 Å². The van der Waals surface area contributed by atoms with Crippen molar-refractivity contribution in [3.8, 4) is 0 Å². The first-order chi connectivity index (χ1) is 11.6. The maximum absolute atomic E-state index is 12.4. The molecule has 0 saturated carbocycles. The molecule has 0 bridgehead atoms. The van der Waals surface area contributed by atoms with E-state index in [4.69, 9.17) is 9.47 Å². The first-order valence-electron chi connectivity index (χ1n) is 8.05. The minimum absolute atomic E-state index is 0.139. The van der Waals surface area contributed by atoms with E-state index in [9.17, 15) is 14.4 Å². The second kappa shape index (κ2) is 8.50. The predicted octanol–water partition coefficient (Wildman–Crippen LogP) is 2.39. The molecule has 1 rings (SSSR count). The minimum Gasteiger partial charge on any atom is -0.465 e. The molecule has 138 valence electrons. The molecule has 1 atom stereocenters. The van der Waals surface area contributed by atoms with Gasteiger partial charge in [0.05, 0.1) is 12.7 Å². The van der Waals surface area contributed by atoms with Gasteiger partial charge in [-0.25, -0.2) is 9.59 Å². The zero-order valence-corrected chi connectivity index (χ0v) is 15.7. The van der Waals surface area contributed by atoms with Crippen LogP contribution in [0.3, 0.4) is 0 Å². The number of nitrogens with zero attached hydrogens (tertiary/aromatic N) is 1. The number of aryl methyl sites for hydroxylation is 1. The van der Waals surface area contributed by atoms with Crippen LogP contribution in [0.25, 0.3) is 0 Å². The van der Waals surface area contributed by atoms with Crippen molar-refractivity contribution in [1.29, 1.82) is 0 Å². The number of carbonyl (C=O) groups is 3. The van der Waals surface area contributed by atoms with Gasteiger partial charge in [0.2, 0.25) is 0 Å². The number of nitrogens with one attached hydrogen (secondary N) is 1. The second-order valence-corrected chi connectivity index (χ2v) is 5.97. The van der Waals surface area contributed by atoms with Gasteiger partial charge in [-0.1, -0.05) is 12.2 Å². The summed E-state index contributed by atoms with van der Waals surface area (Å²) >= 11 is 0. The number of methoxy groups -OCH3 is 1. The van der Waals surface area contributed by atoms with Crippen LogP contribution in [0.4, 0.5) is 0 Å². The Balaban J connectivity index is 2.94. The molecule has 1 N–H and O–H groups in total. The van der Waals surface area contributed by atoms with Gasteiger partial charge in [0, 0.05) is 18.8 Å². The third-order valence-corrected chi connectivity index (χ3v) is 3.82. The molecule has 1 heterocycles. The average molecular weight is 350 g/mol. The summed E-state index contributed by atoms with van der Waals surface area (Å²) in [4.78, 5) is 41.0. The number of aromatic amines is 1. The molecular weight excluding hydrogens is 324 g/mol. The van der Waals surface area contributed by atoms with Crippen molar-refractivity contribution in [3.63, 3.8) is 0 Å². The molecule has 0 aliphatic heterocycles.